The summed E-state index contributed by atoms with van der Waals surface area (Å²) in [5.74, 6) is -0.372. The second kappa shape index (κ2) is 47.9. The lowest BCUT2D eigenvalue weighted by molar-refractivity contribution is -0.379. The average molecular weight is 1210 g/mol. The Kier molecular flexibility index (Phi) is 43.0. The molecule has 0 saturated carbocycles. The van der Waals surface area contributed by atoms with E-state index in [0.29, 0.717) is 19.3 Å². The van der Waals surface area contributed by atoms with Crippen molar-refractivity contribution in [2.45, 2.75) is 298 Å². The summed E-state index contributed by atoms with van der Waals surface area (Å²) in [6.45, 7) is 1.51. The Morgan fingerprint density at radius 3 is 1.31 bits per heavy atom. The molecule has 0 aliphatic carbocycles. The van der Waals surface area contributed by atoms with Crippen molar-refractivity contribution in [1.29, 1.82) is 0 Å². The minimum atomic E-state index is -1.99. The Morgan fingerprint density at radius 1 is 0.435 bits per heavy atom. The molecular formula is C66H113NO18. The van der Waals surface area contributed by atoms with Gasteiger partial charge in [-0.2, -0.15) is 0 Å². The molecule has 17 atom stereocenters. The van der Waals surface area contributed by atoms with Crippen molar-refractivity contribution in [2.24, 2.45) is 0 Å². The molecule has 3 saturated heterocycles. The molecule has 3 aliphatic rings. The first-order chi connectivity index (χ1) is 41.3. The van der Waals surface area contributed by atoms with Crippen LogP contribution in [0.5, 0.6) is 0 Å². The molecular weight excluding hydrogens is 1090 g/mol. The number of carbonyl (C=O) groups is 1. The summed E-state index contributed by atoms with van der Waals surface area (Å²) >= 11 is 0. The lowest BCUT2D eigenvalue weighted by Crippen LogP contribution is -2.66. The van der Waals surface area contributed by atoms with Crippen LogP contribution >= 0.6 is 0 Å². The second-order valence-corrected chi connectivity index (χ2v) is 22.8. The van der Waals surface area contributed by atoms with E-state index in [1.54, 1.807) is 6.08 Å². The number of ether oxygens (including phenoxy) is 6. The predicted molar refractivity (Wildman–Crippen MR) is 328 cm³/mol. The minimum absolute atomic E-state index is 0.106. The fourth-order valence-corrected chi connectivity index (χ4v) is 10.4. The molecule has 12 N–H and O–H groups in total. The zero-order valence-corrected chi connectivity index (χ0v) is 51.3. The molecule has 0 aromatic rings. The number of rotatable bonds is 47. The summed E-state index contributed by atoms with van der Waals surface area (Å²) < 4.78 is 34.2. The van der Waals surface area contributed by atoms with Gasteiger partial charge < -0.3 is 89.9 Å². The van der Waals surface area contributed by atoms with E-state index in [1.807, 2.05) is 18.2 Å². The fraction of sp³-hybridized carbons (Fsp3) is 0.773. The van der Waals surface area contributed by atoms with Gasteiger partial charge in [0.1, 0.15) is 73.2 Å². The monoisotopic (exact) mass is 1210 g/mol. The molecule has 0 bridgehead atoms. The van der Waals surface area contributed by atoms with E-state index >= 15 is 0 Å². The van der Waals surface area contributed by atoms with Gasteiger partial charge in [0.15, 0.2) is 18.9 Å². The van der Waals surface area contributed by atoms with Crippen LogP contribution < -0.4 is 5.32 Å². The number of nitrogens with one attached hydrogen (secondary N) is 1. The van der Waals surface area contributed by atoms with Crippen LogP contribution in [0.25, 0.3) is 0 Å². The van der Waals surface area contributed by atoms with Gasteiger partial charge in [-0.15, -0.1) is 0 Å². The lowest BCUT2D eigenvalue weighted by Gasteiger charge is -2.48. The van der Waals surface area contributed by atoms with Gasteiger partial charge in [-0.1, -0.05) is 202 Å². The number of aliphatic hydroxyl groups excluding tert-OH is 11. The van der Waals surface area contributed by atoms with Gasteiger partial charge in [-0.25, -0.2) is 0 Å². The van der Waals surface area contributed by atoms with Gasteiger partial charge in [-0.3, -0.25) is 4.79 Å². The standard InChI is InChI=1S/C66H113NO18/c1-3-5-7-9-11-13-15-17-18-19-20-21-22-23-24-25-26-27-28-29-30-32-33-35-37-39-41-43-50(71)49(67-54(72)44-42-40-38-36-34-31-16-14-12-10-8-6-4-2)48-80-64-60(78)57(75)62(52(46-69)82-64)85-66-61(79)58(76)63(53(47-70)83-66)84-65-59(77)56(74)55(73)51(45-68)81-65/h6,8,12,14,28-29,31,33-35,38,40-41,43,49-53,55-66,68-71,73-79H,3-5,7,9-11,13,15-27,30,32,36-37,39,42,44-48H2,1-2H3,(H,67,72)/b8-6-,14-12-,29-28+,34-31-,35-33+,40-38-,43-41+. The maximum atomic E-state index is 13.3. The van der Waals surface area contributed by atoms with Crippen molar-refractivity contribution in [2.75, 3.05) is 26.4 Å². The zero-order chi connectivity index (χ0) is 61.9. The van der Waals surface area contributed by atoms with E-state index in [0.717, 1.165) is 44.9 Å². The molecule has 0 radical (unpaired) electrons. The van der Waals surface area contributed by atoms with Crippen molar-refractivity contribution in [3.05, 3.63) is 85.1 Å². The van der Waals surface area contributed by atoms with E-state index in [1.165, 1.54) is 109 Å². The molecule has 3 rings (SSSR count). The van der Waals surface area contributed by atoms with Gasteiger partial charge in [0.05, 0.1) is 38.6 Å². The molecule has 17 unspecified atom stereocenters. The molecule has 3 heterocycles. The van der Waals surface area contributed by atoms with Crippen LogP contribution in [0.1, 0.15) is 194 Å². The van der Waals surface area contributed by atoms with Crippen molar-refractivity contribution >= 4 is 5.91 Å². The van der Waals surface area contributed by atoms with E-state index in [4.69, 9.17) is 28.4 Å². The van der Waals surface area contributed by atoms with Crippen LogP contribution in [-0.2, 0) is 33.2 Å². The number of unbranched alkanes of at least 4 members (excludes halogenated alkanes) is 19. The Morgan fingerprint density at radius 2 is 0.824 bits per heavy atom. The predicted octanol–water partition coefficient (Wildman–Crippen LogP) is 7.15. The first-order valence-electron chi connectivity index (χ1n) is 32.3. The average Bonchev–Trinajstić information content (AvgIpc) is 3.60. The first-order valence-corrected chi connectivity index (χ1v) is 32.3. The number of allylic oxidation sites excluding steroid dienone is 13. The summed E-state index contributed by atoms with van der Waals surface area (Å²) in [7, 11) is 0. The summed E-state index contributed by atoms with van der Waals surface area (Å²) in [5, 5.41) is 120. The Labute approximate surface area is 508 Å². The second-order valence-electron chi connectivity index (χ2n) is 22.8. The number of hydrogen-bond acceptors (Lipinski definition) is 18. The Hall–Kier alpha value is -3.03. The third-order valence-electron chi connectivity index (χ3n) is 15.7. The van der Waals surface area contributed by atoms with Gasteiger partial charge >= 0.3 is 0 Å². The molecule has 85 heavy (non-hydrogen) atoms. The number of aliphatic hydroxyl groups is 11. The van der Waals surface area contributed by atoms with Gasteiger partial charge in [-0.05, 0) is 70.6 Å². The largest absolute Gasteiger partial charge is 0.394 e. The highest BCUT2D eigenvalue weighted by molar-refractivity contribution is 5.76. The molecule has 3 fully saturated rings. The third-order valence-corrected chi connectivity index (χ3v) is 15.7. The topological polar surface area (TPSA) is 307 Å². The molecule has 0 spiro atoms. The highest BCUT2D eigenvalue weighted by Crippen LogP contribution is 2.33. The fourth-order valence-electron chi connectivity index (χ4n) is 10.4. The number of amides is 1. The zero-order valence-electron chi connectivity index (χ0n) is 51.3. The number of carbonyl (C=O) groups excluding carboxylic acids is 1. The molecule has 19 nitrogen and oxygen atoms in total. The highest BCUT2D eigenvalue weighted by atomic mass is 16.8. The Balaban J connectivity index is 1.47. The first kappa shape index (κ1) is 76.2. The van der Waals surface area contributed by atoms with E-state index < -0.39 is 131 Å². The van der Waals surface area contributed by atoms with E-state index in [2.05, 4.69) is 79.9 Å². The van der Waals surface area contributed by atoms with Gasteiger partial charge in [0, 0.05) is 6.42 Å². The van der Waals surface area contributed by atoms with Crippen molar-refractivity contribution < 1.29 is 89.4 Å². The van der Waals surface area contributed by atoms with E-state index in [-0.39, 0.29) is 12.3 Å². The van der Waals surface area contributed by atoms with E-state index in [9.17, 15) is 61.0 Å². The molecule has 490 valence electrons. The van der Waals surface area contributed by atoms with Crippen molar-refractivity contribution in [3.8, 4) is 0 Å². The van der Waals surface area contributed by atoms with Crippen LogP contribution in [0.3, 0.4) is 0 Å². The van der Waals surface area contributed by atoms with Crippen molar-refractivity contribution in [3.63, 3.8) is 0 Å². The SMILES string of the molecule is CC/C=C\C/C=C\C/C=C\C/C=C\CCC(=O)NC(COC1OC(CO)C(OC2OC(CO)C(OC3OC(CO)C(O)C(O)C3O)C(O)C2O)C(O)C1O)C(O)/C=C/CC/C=C/CC/C=C/CCCCCCCCCCCCCCCCCCC. The van der Waals surface area contributed by atoms with Crippen LogP contribution in [0.4, 0.5) is 0 Å². The molecule has 3 aliphatic heterocycles. The summed E-state index contributed by atoms with van der Waals surface area (Å²) in [4.78, 5) is 13.3. The van der Waals surface area contributed by atoms with Crippen molar-refractivity contribution in [1.82, 2.24) is 5.32 Å². The van der Waals surface area contributed by atoms with Crippen LogP contribution in [0.15, 0.2) is 85.1 Å². The minimum Gasteiger partial charge on any atom is -0.394 e. The summed E-state index contributed by atoms with van der Waals surface area (Å²) in [5.41, 5.74) is 0. The third kappa shape index (κ3) is 30.8. The quantitative estimate of drug-likeness (QED) is 0.0213. The maximum absolute atomic E-state index is 13.3. The smallest absolute Gasteiger partial charge is 0.220 e. The van der Waals surface area contributed by atoms with Crippen LogP contribution in [0, 0.1) is 0 Å². The number of hydrogen-bond donors (Lipinski definition) is 12. The Bertz CT molecular complexity index is 1880. The van der Waals surface area contributed by atoms with Crippen LogP contribution in [-0.4, -0.2) is 193 Å². The summed E-state index contributed by atoms with van der Waals surface area (Å²) in [6.07, 6.45) is 33.2. The summed E-state index contributed by atoms with van der Waals surface area (Å²) in [6, 6.07) is -1.04. The van der Waals surface area contributed by atoms with Gasteiger partial charge in [0.25, 0.3) is 0 Å². The lowest BCUT2D eigenvalue weighted by atomic mass is 9.96. The molecule has 0 aromatic carbocycles. The normalized spacial score (nSPS) is 29.5. The highest BCUT2D eigenvalue weighted by Gasteiger charge is 2.53. The maximum Gasteiger partial charge on any atom is 0.220 e. The van der Waals surface area contributed by atoms with Gasteiger partial charge in [0.2, 0.25) is 5.91 Å². The molecule has 0 aromatic heterocycles. The molecule has 1 amide bonds. The van der Waals surface area contributed by atoms with Crippen LogP contribution in [0.2, 0.25) is 0 Å². The molecule has 19 heteroatoms.